The van der Waals surface area contributed by atoms with Crippen LogP contribution in [0.2, 0.25) is 0 Å². The molecule has 2 aromatic carbocycles. The summed E-state index contributed by atoms with van der Waals surface area (Å²) < 4.78 is 58.3. The number of aromatic hydroxyl groups is 3. The standard InChI is InChI=1S/C30H36O18S.Na.H/c1-3-6-49(41,42)48-17-9-13(31)8-16-19(17)22(36)28(27(45-16)12-4-5-14(32)15(33)7-12)47-30-26(40)24(38)21(35)18(46-30)10-43-29-25(39)23(37)20(34)11(2)44-29;;/h4-5,7-9,11,18,20-21,23-26,29-35,37-40H,3,6,10H2,1-2H3;;/t11-,18+,20-,21+,23+,24-,25+,26+,29+,30-;;/m0../s1. The topological polar surface area (TPSA) is 293 Å². The molecular formula is C30H37NaO18S. The predicted octanol–water partition coefficient (Wildman–Crippen LogP) is -1.92. The number of fused-ring (bicyclic) bond motifs is 1. The van der Waals surface area contributed by atoms with Crippen molar-refractivity contribution in [3.63, 3.8) is 0 Å². The fraction of sp³-hybridized carbons (Fsp3) is 0.500. The zero-order chi connectivity index (χ0) is 35.9. The summed E-state index contributed by atoms with van der Waals surface area (Å²) in [7, 11) is -4.27. The van der Waals surface area contributed by atoms with Gasteiger partial charge < -0.3 is 73.5 Å². The van der Waals surface area contributed by atoms with E-state index in [0.29, 0.717) is 0 Å². The third kappa shape index (κ3) is 8.15. The van der Waals surface area contributed by atoms with Gasteiger partial charge in [0, 0.05) is 17.7 Å². The van der Waals surface area contributed by atoms with Gasteiger partial charge in [-0.15, -0.1) is 0 Å². The Hall–Kier alpha value is -2.76. The van der Waals surface area contributed by atoms with Gasteiger partial charge in [-0.05, 0) is 31.5 Å². The molecule has 2 fully saturated rings. The molecule has 0 unspecified atom stereocenters. The fourth-order valence-electron chi connectivity index (χ4n) is 5.32. The zero-order valence-electron chi connectivity index (χ0n) is 25.9. The van der Waals surface area contributed by atoms with Gasteiger partial charge in [0.1, 0.15) is 59.4 Å². The van der Waals surface area contributed by atoms with Gasteiger partial charge in [0.25, 0.3) is 0 Å². The summed E-state index contributed by atoms with van der Waals surface area (Å²) in [5.74, 6) is -4.10. The third-order valence-corrected chi connectivity index (χ3v) is 9.29. The summed E-state index contributed by atoms with van der Waals surface area (Å²) in [4.78, 5) is 14.1. The van der Waals surface area contributed by atoms with Crippen molar-refractivity contribution in [3.8, 4) is 40.1 Å². The normalized spacial score (nSPS) is 30.1. The second-order valence-electron chi connectivity index (χ2n) is 11.6. The Bertz CT molecular complexity index is 1830. The van der Waals surface area contributed by atoms with Crippen LogP contribution in [0.25, 0.3) is 22.3 Å². The molecule has 0 saturated carbocycles. The number of ether oxygens (including phenoxy) is 4. The Labute approximate surface area is 306 Å². The molecule has 0 aliphatic carbocycles. The Morgan fingerprint density at radius 3 is 2.14 bits per heavy atom. The van der Waals surface area contributed by atoms with Crippen molar-refractivity contribution in [1.29, 1.82) is 0 Å². The molecule has 272 valence electrons. The van der Waals surface area contributed by atoms with Crippen LogP contribution < -0.4 is 14.3 Å². The minimum absolute atomic E-state index is 0. The molecule has 9 N–H and O–H groups in total. The molecule has 3 aromatic rings. The van der Waals surface area contributed by atoms with Gasteiger partial charge in [-0.1, -0.05) is 6.92 Å². The molecule has 0 bridgehead atoms. The molecule has 2 aliphatic heterocycles. The average molecular weight is 741 g/mol. The van der Waals surface area contributed by atoms with E-state index in [1.54, 1.807) is 6.92 Å². The molecule has 2 saturated heterocycles. The first kappa shape index (κ1) is 40.0. The summed E-state index contributed by atoms with van der Waals surface area (Å²) in [5, 5.41) is 92.2. The summed E-state index contributed by atoms with van der Waals surface area (Å²) in [5.41, 5.74) is -1.63. The van der Waals surface area contributed by atoms with E-state index in [0.717, 1.165) is 24.3 Å². The number of rotatable bonds is 10. The maximum atomic E-state index is 14.1. The summed E-state index contributed by atoms with van der Waals surface area (Å²) in [6, 6.07) is 5.05. The molecule has 0 spiro atoms. The Balaban J connectivity index is 0.00000562. The van der Waals surface area contributed by atoms with Gasteiger partial charge in [0.05, 0.1) is 18.5 Å². The van der Waals surface area contributed by atoms with E-state index in [1.807, 2.05) is 0 Å². The minimum atomic E-state index is -4.27. The van der Waals surface area contributed by atoms with E-state index in [9.17, 15) is 59.2 Å². The van der Waals surface area contributed by atoms with Crippen LogP contribution in [0, 0.1) is 0 Å². The molecule has 2 aliphatic rings. The first-order valence-corrected chi connectivity index (χ1v) is 16.6. The van der Waals surface area contributed by atoms with Gasteiger partial charge in [0.15, 0.2) is 29.3 Å². The van der Waals surface area contributed by atoms with Crippen LogP contribution in [-0.2, 0) is 24.3 Å². The molecule has 1 aromatic heterocycles. The van der Waals surface area contributed by atoms with Gasteiger partial charge in [-0.2, -0.15) is 8.42 Å². The van der Waals surface area contributed by atoms with Crippen LogP contribution in [0.5, 0.6) is 28.7 Å². The average Bonchev–Trinajstić information content (AvgIpc) is 3.03. The van der Waals surface area contributed by atoms with E-state index in [1.165, 1.54) is 13.0 Å². The third-order valence-electron chi connectivity index (χ3n) is 7.95. The maximum absolute atomic E-state index is 14.1. The first-order chi connectivity index (χ1) is 23.0. The summed E-state index contributed by atoms with van der Waals surface area (Å²) in [6.45, 7) is 2.32. The second-order valence-corrected chi connectivity index (χ2v) is 13.3. The number of benzene rings is 2. The van der Waals surface area contributed by atoms with E-state index < -0.39 is 135 Å². The van der Waals surface area contributed by atoms with Gasteiger partial charge >= 0.3 is 39.7 Å². The molecule has 0 amide bonds. The Morgan fingerprint density at radius 1 is 0.820 bits per heavy atom. The summed E-state index contributed by atoms with van der Waals surface area (Å²) >= 11 is 0. The van der Waals surface area contributed by atoms with Crippen molar-refractivity contribution in [2.24, 2.45) is 0 Å². The van der Waals surface area contributed by atoms with Crippen LogP contribution >= 0.6 is 0 Å². The first-order valence-electron chi connectivity index (χ1n) is 15.0. The van der Waals surface area contributed by atoms with E-state index in [2.05, 4.69) is 0 Å². The molecule has 20 heteroatoms. The van der Waals surface area contributed by atoms with Crippen molar-refractivity contribution in [3.05, 3.63) is 40.6 Å². The van der Waals surface area contributed by atoms with Crippen LogP contribution in [0.1, 0.15) is 20.3 Å². The van der Waals surface area contributed by atoms with Crippen LogP contribution in [0.4, 0.5) is 0 Å². The molecule has 50 heavy (non-hydrogen) atoms. The van der Waals surface area contributed by atoms with Crippen molar-refractivity contribution in [2.75, 3.05) is 12.4 Å². The van der Waals surface area contributed by atoms with Crippen molar-refractivity contribution < 1.29 is 81.9 Å². The van der Waals surface area contributed by atoms with Crippen molar-refractivity contribution in [2.45, 2.75) is 81.7 Å². The van der Waals surface area contributed by atoms with Crippen LogP contribution in [0.15, 0.2) is 39.5 Å². The molecule has 5 rings (SSSR count). The monoisotopic (exact) mass is 740 g/mol. The molecule has 18 nitrogen and oxygen atoms in total. The number of phenolic OH excluding ortho intramolecular Hbond substituents is 3. The second kappa shape index (κ2) is 15.9. The Kier molecular flexibility index (Phi) is 12.7. The molecular weight excluding hydrogens is 703 g/mol. The molecule has 10 atom stereocenters. The van der Waals surface area contributed by atoms with Crippen molar-refractivity contribution in [1.82, 2.24) is 0 Å². The molecule has 3 heterocycles. The van der Waals surface area contributed by atoms with Crippen LogP contribution in [-0.4, -0.2) is 158 Å². The van der Waals surface area contributed by atoms with Gasteiger partial charge in [0.2, 0.25) is 17.5 Å². The van der Waals surface area contributed by atoms with Gasteiger partial charge in [-0.3, -0.25) is 4.79 Å². The van der Waals surface area contributed by atoms with Crippen LogP contribution in [0.3, 0.4) is 0 Å². The van der Waals surface area contributed by atoms with E-state index in [-0.39, 0.29) is 41.5 Å². The van der Waals surface area contributed by atoms with Crippen molar-refractivity contribution >= 4 is 50.6 Å². The quantitative estimate of drug-likeness (QED) is 0.0622. The number of hydrogen-bond acceptors (Lipinski definition) is 18. The predicted molar refractivity (Wildman–Crippen MR) is 170 cm³/mol. The van der Waals surface area contributed by atoms with E-state index in [4.69, 9.17) is 27.5 Å². The summed E-state index contributed by atoms with van der Waals surface area (Å²) in [6.07, 6.45) is -16.5. The number of phenols is 3. The fourth-order valence-corrected chi connectivity index (χ4v) is 6.31. The number of aliphatic hydroxyl groups is 6. The molecule has 0 radical (unpaired) electrons. The zero-order valence-corrected chi connectivity index (χ0v) is 26.7. The Morgan fingerprint density at radius 2 is 1.48 bits per heavy atom. The number of hydrogen-bond donors (Lipinski definition) is 9. The van der Waals surface area contributed by atoms with Gasteiger partial charge in [-0.25, -0.2) is 0 Å². The number of aliphatic hydroxyl groups excluding tert-OH is 6. The van der Waals surface area contributed by atoms with E-state index >= 15 is 0 Å². The SMILES string of the molecule is CCCS(=O)(=O)Oc1cc(O)cc2oc(-c3ccc(O)c(O)c3)c(O[C@@H]3O[C@H](CO[C@@H]4O[C@@H](C)[C@H](O)[C@@H](O)[C@H]4O)[C@@H](O)[C@H](O)[C@H]3O)c(=O)c12.[NaH].